The maximum Gasteiger partial charge on any atom is 0.238 e. The zero-order chi connectivity index (χ0) is 18.3. The molecule has 1 atom stereocenters. The van der Waals surface area contributed by atoms with Crippen LogP contribution in [-0.2, 0) is 21.4 Å². The number of anilines is 1. The van der Waals surface area contributed by atoms with Crippen LogP contribution < -0.4 is 4.90 Å². The molecule has 4 rings (SSSR count). The first-order valence-electron chi connectivity index (χ1n) is 8.89. The van der Waals surface area contributed by atoms with Gasteiger partial charge in [0.05, 0.1) is 11.5 Å². The molecule has 0 bridgehead atoms. The predicted octanol–water partition coefficient (Wildman–Crippen LogP) is 1.74. The zero-order valence-electron chi connectivity index (χ0n) is 14.8. The number of amides is 2. The number of carbonyl (C=O) groups is 2. The van der Waals surface area contributed by atoms with E-state index in [1.54, 1.807) is 16.8 Å². The Hall–Kier alpha value is -2.66. The van der Waals surface area contributed by atoms with Gasteiger partial charge in [-0.3, -0.25) is 9.59 Å². The molecular formula is C21H22N2O3. The van der Waals surface area contributed by atoms with Crippen molar-refractivity contribution >= 4 is 17.5 Å². The van der Waals surface area contributed by atoms with Gasteiger partial charge in [0.2, 0.25) is 11.8 Å². The summed E-state index contributed by atoms with van der Waals surface area (Å²) >= 11 is 0. The third-order valence-corrected chi connectivity index (χ3v) is 5.51. The standard InChI is InChI=1S/C21H22N2O3/c1-22-18-10-6-5-9-17(18)21(20(22)26,11-15-7-3-2-4-8-15)12-19(25)23-13-16(24)14-23/h2-10,16,24H,11-14H2,1H3/t21-/m1/s1. The van der Waals surface area contributed by atoms with Crippen molar-refractivity contribution in [2.75, 3.05) is 25.0 Å². The number of nitrogens with zero attached hydrogens (tertiary/aromatic N) is 2. The van der Waals surface area contributed by atoms with E-state index in [1.807, 2.05) is 54.6 Å². The maximum absolute atomic E-state index is 13.3. The molecule has 2 aromatic rings. The highest BCUT2D eigenvalue weighted by atomic mass is 16.3. The predicted molar refractivity (Wildman–Crippen MR) is 98.9 cm³/mol. The average molecular weight is 350 g/mol. The number of para-hydroxylation sites is 1. The highest BCUT2D eigenvalue weighted by molar-refractivity contribution is 6.10. The van der Waals surface area contributed by atoms with E-state index in [0.29, 0.717) is 19.5 Å². The molecule has 0 spiro atoms. The summed E-state index contributed by atoms with van der Waals surface area (Å²) in [6.45, 7) is 0.706. The van der Waals surface area contributed by atoms with Crippen molar-refractivity contribution in [2.45, 2.75) is 24.4 Å². The molecule has 0 saturated carbocycles. The molecule has 0 aliphatic carbocycles. The Bertz CT molecular complexity index is 845. The summed E-state index contributed by atoms with van der Waals surface area (Å²) in [5.41, 5.74) is 1.91. The summed E-state index contributed by atoms with van der Waals surface area (Å²) in [6.07, 6.45) is 0.156. The summed E-state index contributed by atoms with van der Waals surface area (Å²) in [4.78, 5) is 29.4. The lowest BCUT2D eigenvalue weighted by Gasteiger charge is -2.38. The van der Waals surface area contributed by atoms with Gasteiger partial charge in [-0.15, -0.1) is 0 Å². The first-order valence-corrected chi connectivity index (χ1v) is 8.89. The molecular weight excluding hydrogens is 328 g/mol. The molecule has 2 heterocycles. The number of hydrogen-bond donors (Lipinski definition) is 1. The Morgan fingerprint density at radius 1 is 1.12 bits per heavy atom. The molecule has 2 aliphatic heterocycles. The quantitative estimate of drug-likeness (QED) is 0.914. The van der Waals surface area contributed by atoms with Crippen molar-refractivity contribution in [3.05, 3.63) is 65.7 Å². The lowest BCUT2D eigenvalue weighted by Crippen LogP contribution is -2.55. The molecule has 1 N–H and O–H groups in total. The van der Waals surface area contributed by atoms with Crippen molar-refractivity contribution in [3.63, 3.8) is 0 Å². The van der Waals surface area contributed by atoms with Gasteiger partial charge >= 0.3 is 0 Å². The second-order valence-corrected chi connectivity index (χ2v) is 7.26. The molecule has 2 amide bonds. The van der Waals surface area contributed by atoms with Gasteiger partial charge in [-0.1, -0.05) is 48.5 Å². The van der Waals surface area contributed by atoms with Crippen LogP contribution in [0.5, 0.6) is 0 Å². The molecule has 5 nitrogen and oxygen atoms in total. The monoisotopic (exact) mass is 350 g/mol. The van der Waals surface area contributed by atoms with Crippen LogP contribution >= 0.6 is 0 Å². The smallest absolute Gasteiger partial charge is 0.238 e. The van der Waals surface area contributed by atoms with Crippen LogP contribution in [0.4, 0.5) is 5.69 Å². The maximum atomic E-state index is 13.3. The van der Waals surface area contributed by atoms with Crippen LogP contribution in [0.3, 0.4) is 0 Å². The van der Waals surface area contributed by atoms with Crippen molar-refractivity contribution in [1.82, 2.24) is 4.90 Å². The third-order valence-electron chi connectivity index (χ3n) is 5.51. The van der Waals surface area contributed by atoms with Crippen molar-refractivity contribution in [2.24, 2.45) is 0 Å². The number of likely N-dealkylation sites (N-methyl/N-ethyl adjacent to an activating group) is 1. The van der Waals surface area contributed by atoms with Gasteiger partial charge in [0.1, 0.15) is 0 Å². The summed E-state index contributed by atoms with van der Waals surface area (Å²) in [5, 5.41) is 9.51. The summed E-state index contributed by atoms with van der Waals surface area (Å²) in [5.74, 6) is -0.123. The summed E-state index contributed by atoms with van der Waals surface area (Å²) in [6, 6.07) is 17.5. The van der Waals surface area contributed by atoms with E-state index in [1.165, 1.54) is 0 Å². The fourth-order valence-electron chi connectivity index (χ4n) is 4.09. The van der Waals surface area contributed by atoms with Crippen molar-refractivity contribution in [1.29, 1.82) is 0 Å². The van der Waals surface area contributed by atoms with Crippen LogP contribution in [0.2, 0.25) is 0 Å². The van der Waals surface area contributed by atoms with E-state index in [0.717, 1.165) is 16.8 Å². The normalized spacial score (nSPS) is 22.3. The zero-order valence-corrected chi connectivity index (χ0v) is 14.8. The Morgan fingerprint density at radius 3 is 2.46 bits per heavy atom. The molecule has 0 unspecified atom stereocenters. The van der Waals surface area contributed by atoms with Gasteiger partial charge in [-0.2, -0.15) is 0 Å². The number of aliphatic hydroxyl groups excluding tert-OH is 1. The molecule has 2 aromatic carbocycles. The Labute approximate surface area is 152 Å². The van der Waals surface area contributed by atoms with Crippen LogP contribution in [0.15, 0.2) is 54.6 Å². The first kappa shape index (κ1) is 16.8. The highest BCUT2D eigenvalue weighted by Gasteiger charge is 2.51. The number of β-amino-alcohol motifs (C(OH)–C–C–N with tert-alkyl or cyclic N) is 1. The fraction of sp³-hybridized carbons (Fsp3) is 0.333. The van der Waals surface area contributed by atoms with Gasteiger partial charge in [-0.25, -0.2) is 0 Å². The molecule has 0 aromatic heterocycles. The van der Waals surface area contributed by atoms with E-state index in [9.17, 15) is 14.7 Å². The first-order chi connectivity index (χ1) is 12.5. The lowest BCUT2D eigenvalue weighted by molar-refractivity contribution is -0.144. The fourth-order valence-corrected chi connectivity index (χ4v) is 4.09. The van der Waals surface area contributed by atoms with Crippen LogP contribution in [0, 0.1) is 0 Å². The van der Waals surface area contributed by atoms with E-state index in [4.69, 9.17) is 0 Å². The molecule has 2 aliphatic rings. The number of aliphatic hydroxyl groups is 1. The van der Waals surface area contributed by atoms with Crippen LogP contribution in [-0.4, -0.2) is 48.1 Å². The van der Waals surface area contributed by atoms with Crippen molar-refractivity contribution < 1.29 is 14.7 Å². The van der Waals surface area contributed by atoms with Gasteiger partial charge in [0, 0.05) is 32.2 Å². The number of hydrogen-bond acceptors (Lipinski definition) is 3. The second kappa shape index (κ2) is 6.25. The van der Waals surface area contributed by atoms with Gasteiger partial charge in [0.25, 0.3) is 0 Å². The summed E-state index contributed by atoms with van der Waals surface area (Å²) in [7, 11) is 1.77. The van der Waals surface area contributed by atoms with E-state index >= 15 is 0 Å². The Morgan fingerprint density at radius 2 is 1.77 bits per heavy atom. The minimum absolute atomic E-state index is 0.0445. The van der Waals surface area contributed by atoms with Crippen molar-refractivity contribution in [3.8, 4) is 0 Å². The Kier molecular flexibility index (Phi) is 4.04. The summed E-state index contributed by atoms with van der Waals surface area (Å²) < 4.78 is 0. The van der Waals surface area contributed by atoms with Gasteiger partial charge in [0.15, 0.2) is 0 Å². The number of benzene rings is 2. The average Bonchev–Trinajstić information content (AvgIpc) is 2.83. The van der Waals surface area contributed by atoms with E-state index in [2.05, 4.69) is 0 Å². The molecule has 1 saturated heterocycles. The molecule has 26 heavy (non-hydrogen) atoms. The lowest BCUT2D eigenvalue weighted by atomic mass is 9.73. The van der Waals surface area contributed by atoms with E-state index < -0.39 is 11.5 Å². The number of fused-ring (bicyclic) bond motifs is 1. The second-order valence-electron chi connectivity index (χ2n) is 7.26. The minimum atomic E-state index is -0.898. The van der Waals surface area contributed by atoms with E-state index in [-0.39, 0.29) is 18.2 Å². The topological polar surface area (TPSA) is 60.9 Å². The SMILES string of the molecule is CN1C(=O)[C@@](CC(=O)N2CC(O)C2)(Cc2ccccc2)c2ccccc21. The third kappa shape index (κ3) is 2.59. The molecule has 134 valence electrons. The van der Waals surface area contributed by atoms with Gasteiger partial charge in [-0.05, 0) is 23.6 Å². The Balaban J connectivity index is 1.75. The highest BCUT2D eigenvalue weighted by Crippen LogP contribution is 2.46. The number of carbonyl (C=O) groups excluding carboxylic acids is 2. The number of likely N-dealkylation sites (tertiary alicyclic amines) is 1. The van der Waals surface area contributed by atoms with Crippen LogP contribution in [0.25, 0.3) is 0 Å². The largest absolute Gasteiger partial charge is 0.389 e. The van der Waals surface area contributed by atoms with Gasteiger partial charge < -0.3 is 14.9 Å². The molecule has 5 heteroatoms. The minimum Gasteiger partial charge on any atom is -0.389 e. The molecule has 0 radical (unpaired) electrons. The molecule has 1 fully saturated rings. The van der Waals surface area contributed by atoms with Crippen LogP contribution in [0.1, 0.15) is 17.5 Å². The number of rotatable bonds is 4.